The fraction of sp³-hybridized carbons (Fsp3) is 0.333. The Morgan fingerprint density at radius 2 is 1.86 bits per heavy atom. The number of hydrogen-bond acceptors (Lipinski definition) is 5. The Bertz CT molecular complexity index is 1100. The Kier molecular flexibility index (Phi) is 5.55. The minimum absolute atomic E-state index is 0.0358. The first-order chi connectivity index (χ1) is 13.4. The summed E-state index contributed by atoms with van der Waals surface area (Å²) in [6, 6.07) is 11.2. The van der Waals surface area contributed by atoms with Gasteiger partial charge in [-0.3, -0.25) is 4.79 Å². The van der Waals surface area contributed by atoms with Crippen LogP contribution < -0.4 is 0 Å². The van der Waals surface area contributed by atoms with Crippen LogP contribution in [0.3, 0.4) is 0 Å². The second kappa shape index (κ2) is 7.94. The molecule has 0 bridgehead atoms. The highest BCUT2D eigenvalue weighted by molar-refractivity contribution is 9.11. The van der Waals surface area contributed by atoms with E-state index >= 15 is 0 Å². The second-order valence-electron chi connectivity index (χ2n) is 6.52. The summed E-state index contributed by atoms with van der Waals surface area (Å²) in [5.74, 6) is 0.0358. The number of sulfonamides is 1. The summed E-state index contributed by atoms with van der Waals surface area (Å²) in [6.45, 7) is 2.01. The van der Waals surface area contributed by atoms with Gasteiger partial charge in [-0.05, 0) is 40.2 Å². The standard InChI is InChI=1S/C18H19BrN4O3S2/c19-16-5-6-18(27-16)28(25,26)23-11-9-21(10-12-23)17(24)7-8-22-13-20-14-3-1-2-4-15(14)22/h1-6,13H,7-12H2. The van der Waals surface area contributed by atoms with Crippen molar-refractivity contribution in [1.82, 2.24) is 18.8 Å². The highest BCUT2D eigenvalue weighted by atomic mass is 79.9. The number of imidazole rings is 1. The Morgan fingerprint density at radius 3 is 2.57 bits per heavy atom. The molecule has 0 saturated carbocycles. The zero-order valence-electron chi connectivity index (χ0n) is 15.0. The molecule has 10 heteroatoms. The van der Waals surface area contributed by atoms with E-state index < -0.39 is 10.0 Å². The quantitative estimate of drug-likeness (QED) is 0.560. The molecule has 0 N–H and O–H groups in total. The van der Waals surface area contributed by atoms with Gasteiger partial charge in [0.05, 0.1) is 21.1 Å². The van der Waals surface area contributed by atoms with E-state index in [2.05, 4.69) is 20.9 Å². The summed E-state index contributed by atoms with van der Waals surface area (Å²) in [6.07, 6.45) is 2.12. The highest BCUT2D eigenvalue weighted by Gasteiger charge is 2.30. The Balaban J connectivity index is 1.34. The van der Waals surface area contributed by atoms with Gasteiger partial charge < -0.3 is 9.47 Å². The van der Waals surface area contributed by atoms with Crippen molar-refractivity contribution in [3.05, 3.63) is 46.5 Å². The molecule has 0 atom stereocenters. The fourth-order valence-electron chi connectivity index (χ4n) is 3.30. The summed E-state index contributed by atoms with van der Waals surface area (Å²) in [7, 11) is -3.49. The van der Waals surface area contributed by atoms with Crippen LogP contribution >= 0.6 is 27.3 Å². The first kappa shape index (κ1) is 19.6. The fourth-order valence-corrected chi connectivity index (χ4v) is 6.89. The molecule has 4 rings (SSSR count). The van der Waals surface area contributed by atoms with Gasteiger partial charge in [-0.15, -0.1) is 11.3 Å². The van der Waals surface area contributed by atoms with Gasteiger partial charge in [0.1, 0.15) is 4.21 Å². The summed E-state index contributed by atoms with van der Waals surface area (Å²) < 4.78 is 29.9. The third kappa shape index (κ3) is 3.86. The number of para-hydroxylation sites is 2. The van der Waals surface area contributed by atoms with E-state index in [0.717, 1.165) is 14.8 Å². The van der Waals surface area contributed by atoms with E-state index in [9.17, 15) is 13.2 Å². The zero-order chi connectivity index (χ0) is 19.7. The number of amides is 1. The lowest BCUT2D eigenvalue weighted by Crippen LogP contribution is -2.50. The number of piperazine rings is 1. The number of nitrogens with zero attached hydrogens (tertiary/aromatic N) is 4. The average Bonchev–Trinajstić information content (AvgIpc) is 3.33. The lowest BCUT2D eigenvalue weighted by Gasteiger charge is -2.33. The van der Waals surface area contributed by atoms with E-state index in [1.54, 1.807) is 23.4 Å². The van der Waals surface area contributed by atoms with Crippen LogP contribution in [0, 0.1) is 0 Å². The number of thiophene rings is 1. The Hall–Kier alpha value is -1.75. The van der Waals surface area contributed by atoms with Gasteiger partial charge in [0, 0.05) is 39.1 Å². The predicted octanol–water partition coefficient (Wildman–Crippen LogP) is 2.78. The third-order valence-corrected chi connectivity index (χ3v) is 8.82. The van der Waals surface area contributed by atoms with Crippen LogP contribution in [0.4, 0.5) is 0 Å². The first-order valence-electron chi connectivity index (χ1n) is 8.88. The van der Waals surface area contributed by atoms with Crippen LogP contribution in [-0.2, 0) is 21.4 Å². The van der Waals surface area contributed by atoms with Crippen molar-refractivity contribution in [2.24, 2.45) is 0 Å². The molecule has 3 heterocycles. The molecule has 28 heavy (non-hydrogen) atoms. The lowest BCUT2D eigenvalue weighted by molar-refractivity contribution is -0.132. The van der Waals surface area contributed by atoms with Crippen molar-refractivity contribution in [1.29, 1.82) is 0 Å². The monoisotopic (exact) mass is 482 g/mol. The van der Waals surface area contributed by atoms with Crippen LogP contribution in [0.1, 0.15) is 6.42 Å². The van der Waals surface area contributed by atoms with Gasteiger partial charge in [-0.2, -0.15) is 4.31 Å². The molecule has 1 aliphatic heterocycles. The summed E-state index contributed by atoms with van der Waals surface area (Å²) in [5.41, 5.74) is 1.92. The molecule has 7 nitrogen and oxygen atoms in total. The smallest absolute Gasteiger partial charge is 0.252 e. The molecule has 1 fully saturated rings. The summed E-state index contributed by atoms with van der Waals surface area (Å²) in [5, 5.41) is 0. The molecule has 148 valence electrons. The van der Waals surface area contributed by atoms with Gasteiger partial charge in [0.25, 0.3) is 10.0 Å². The number of hydrogen-bond donors (Lipinski definition) is 0. The van der Waals surface area contributed by atoms with Gasteiger partial charge >= 0.3 is 0 Å². The van der Waals surface area contributed by atoms with Crippen molar-refractivity contribution in [3.8, 4) is 0 Å². The van der Waals surface area contributed by atoms with Gasteiger partial charge in [-0.1, -0.05) is 12.1 Å². The van der Waals surface area contributed by atoms with Crippen LogP contribution in [-0.4, -0.2) is 59.3 Å². The summed E-state index contributed by atoms with van der Waals surface area (Å²) >= 11 is 4.50. The maximum absolute atomic E-state index is 12.7. The minimum atomic E-state index is -3.49. The number of fused-ring (bicyclic) bond motifs is 1. The number of carbonyl (C=O) groups is 1. The Morgan fingerprint density at radius 1 is 1.11 bits per heavy atom. The SMILES string of the molecule is O=C(CCn1cnc2ccccc21)N1CCN(S(=O)(=O)c2ccc(Br)s2)CC1. The maximum Gasteiger partial charge on any atom is 0.252 e. The molecular weight excluding hydrogens is 464 g/mol. The maximum atomic E-state index is 12.7. The van der Waals surface area contributed by atoms with Crippen molar-refractivity contribution in [2.75, 3.05) is 26.2 Å². The van der Waals surface area contributed by atoms with E-state index in [-0.39, 0.29) is 5.91 Å². The number of benzene rings is 1. The van der Waals surface area contributed by atoms with Crippen molar-refractivity contribution in [3.63, 3.8) is 0 Å². The minimum Gasteiger partial charge on any atom is -0.340 e. The van der Waals surface area contributed by atoms with E-state index in [1.807, 2.05) is 28.8 Å². The largest absolute Gasteiger partial charge is 0.340 e. The Labute approximate surface area is 175 Å². The topological polar surface area (TPSA) is 75.5 Å². The molecule has 1 aromatic carbocycles. The number of aryl methyl sites for hydroxylation is 1. The highest BCUT2D eigenvalue weighted by Crippen LogP contribution is 2.29. The molecule has 0 unspecified atom stereocenters. The molecule has 2 aromatic heterocycles. The molecule has 1 saturated heterocycles. The number of rotatable bonds is 5. The molecular formula is C18H19BrN4O3S2. The molecule has 0 radical (unpaired) electrons. The zero-order valence-corrected chi connectivity index (χ0v) is 18.2. The summed E-state index contributed by atoms with van der Waals surface area (Å²) in [4.78, 5) is 18.7. The van der Waals surface area contributed by atoms with Gasteiger partial charge in [0.2, 0.25) is 5.91 Å². The first-order valence-corrected chi connectivity index (χ1v) is 11.9. The van der Waals surface area contributed by atoms with E-state index in [4.69, 9.17) is 0 Å². The van der Waals surface area contributed by atoms with Gasteiger partial charge in [-0.25, -0.2) is 13.4 Å². The lowest BCUT2D eigenvalue weighted by atomic mass is 10.3. The van der Waals surface area contributed by atoms with E-state index in [0.29, 0.717) is 43.4 Å². The van der Waals surface area contributed by atoms with Crippen molar-refractivity contribution in [2.45, 2.75) is 17.2 Å². The van der Waals surface area contributed by atoms with Gasteiger partial charge in [0.15, 0.2) is 0 Å². The number of carbonyl (C=O) groups excluding carboxylic acids is 1. The number of aromatic nitrogens is 2. The van der Waals surface area contributed by atoms with Crippen LogP contribution in [0.5, 0.6) is 0 Å². The average molecular weight is 483 g/mol. The molecule has 0 spiro atoms. The third-order valence-electron chi connectivity index (χ3n) is 4.83. The number of halogens is 1. The molecule has 0 aliphatic carbocycles. The van der Waals surface area contributed by atoms with Crippen molar-refractivity contribution < 1.29 is 13.2 Å². The molecule has 1 amide bonds. The van der Waals surface area contributed by atoms with Crippen LogP contribution in [0.2, 0.25) is 0 Å². The predicted molar refractivity (Wildman–Crippen MR) is 112 cm³/mol. The van der Waals surface area contributed by atoms with Crippen LogP contribution in [0.25, 0.3) is 11.0 Å². The van der Waals surface area contributed by atoms with E-state index in [1.165, 1.54) is 15.6 Å². The molecule has 3 aromatic rings. The van der Waals surface area contributed by atoms with Crippen LogP contribution in [0.15, 0.2) is 50.7 Å². The van der Waals surface area contributed by atoms with Crippen molar-refractivity contribution >= 4 is 54.2 Å². The molecule has 1 aliphatic rings. The normalized spacial score (nSPS) is 16.0. The second-order valence-corrected chi connectivity index (χ2v) is 11.1.